The van der Waals surface area contributed by atoms with Crippen LogP contribution in [0.25, 0.3) is 0 Å². The Bertz CT molecular complexity index is 77.5. The molecule has 0 aliphatic carbocycles. The summed E-state index contributed by atoms with van der Waals surface area (Å²) in [6.07, 6.45) is -2.40. The fraction of sp³-hybridized carbons (Fsp3) is 1.00. The first-order valence-corrected chi connectivity index (χ1v) is 3.33. The number of hydrogen-bond acceptors (Lipinski definition) is 0. The van der Waals surface area contributed by atoms with Gasteiger partial charge in [0.1, 0.15) is 4.33 Å². The minimum Gasteiger partial charge on any atom is -0.211 e. The fourth-order valence-corrected chi connectivity index (χ4v) is 0.581. The van der Waals surface area contributed by atoms with E-state index in [1.807, 2.05) is 0 Å². The molecule has 0 fully saturated rings. The monoisotopic (exact) mass is 176 g/mol. The van der Waals surface area contributed by atoms with Gasteiger partial charge in [0, 0.05) is 6.42 Å². The van der Waals surface area contributed by atoms with Crippen molar-refractivity contribution in [2.45, 2.75) is 30.5 Å². The van der Waals surface area contributed by atoms with Crippen molar-refractivity contribution in [3.05, 3.63) is 0 Å². The predicted molar refractivity (Wildman–Crippen MR) is 35.3 cm³/mol. The Morgan fingerprint density at radius 1 is 1.44 bits per heavy atom. The third-order valence-electron chi connectivity index (χ3n) is 0.802. The second-order valence-electron chi connectivity index (χ2n) is 2.00. The minimum absolute atomic E-state index is 0.133. The second kappa shape index (κ2) is 3.57. The highest BCUT2D eigenvalue weighted by Gasteiger charge is 2.18. The molecular weight excluding hydrogens is 169 g/mol. The van der Waals surface area contributed by atoms with E-state index in [0.717, 1.165) is 0 Å². The summed E-state index contributed by atoms with van der Waals surface area (Å²) in [5, 5.41) is 0. The van der Waals surface area contributed by atoms with Gasteiger partial charge in [0.25, 0.3) is 0 Å². The van der Waals surface area contributed by atoms with Crippen molar-refractivity contribution in [3.8, 4) is 0 Å². The molecule has 0 nitrogen and oxygen atoms in total. The lowest BCUT2D eigenvalue weighted by Gasteiger charge is -2.11. The van der Waals surface area contributed by atoms with Crippen LogP contribution in [0.5, 0.6) is 0 Å². The summed E-state index contributed by atoms with van der Waals surface area (Å²) in [5.41, 5.74) is 0. The molecule has 0 heterocycles. The first-order chi connectivity index (χ1) is 3.92. The van der Waals surface area contributed by atoms with Gasteiger partial charge in [-0.2, -0.15) is 0 Å². The molecule has 0 amide bonds. The molecule has 0 spiro atoms. The summed E-state index contributed by atoms with van der Waals surface area (Å²) in [6, 6.07) is 0. The van der Waals surface area contributed by atoms with E-state index in [1.54, 1.807) is 0 Å². The molecule has 0 rings (SSSR count). The van der Waals surface area contributed by atoms with E-state index in [-0.39, 0.29) is 12.8 Å². The third kappa shape index (κ3) is 8.44. The predicted octanol–water partition coefficient (Wildman–Crippen LogP) is 3.23. The van der Waals surface area contributed by atoms with Crippen molar-refractivity contribution in [1.82, 2.24) is 0 Å². The van der Waals surface area contributed by atoms with Crippen molar-refractivity contribution in [3.63, 3.8) is 0 Å². The zero-order chi connectivity index (χ0) is 7.49. The van der Waals surface area contributed by atoms with Crippen LogP contribution in [-0.2, 0) is 0 Å². The van der Waals surface area contributed by atoms with Gasteiger partial charge < -0.3 is 0 Å². The maximum Gasteiger partial charge on any atom is 0.238 e. The van der Waals surface area contributed by atoms with Crippen LogP contribution < -0.4 is 0 Å². The molecule has 0 aromatic carbocycles. The Labute approximate surface area is 63.1 Å². The topological polar surface area (TPSA) is 0 Å². The Morgan fingerprint density at radius 3 is 2.00 bits per heavy atom. The number of hydrogen-bond donors (Lipinski definition) is 0. The summed E-state index contributed by atoms with van der Waals surface area (Å²) < 4.78 is 21.9. The maximum atomic E-state index is 11.4. The summed E-state index contributed by atoms with van der Waals surface area (Å²) in [4.78, 5) is 0. The van der Waals surface area contributed by atoms with Gasteiger partial charge >= 0.3 is 0 Å². The van der Waals surface area contributed by atoms with E-state index in [1.165, 1.54) is 6.92 Å². The van der Waals surface area contributed by atoms with Crippen molar-refractivity contribution < 1.29 is 8.78 Å². The van der Waals surface area contributed by atoms with Gasteiger partial charge in [-0.1, -0.05) is 0 Å². The summed E-state index contributed by atoms with van der Waals surface area (Å²) in [5.74, 6) is 0. The van der Waals surface area contributed by atoms with Gasteiger partial charge in [-0.3, -0.25) is 0 Å². The first kappa shape index (κ1) is 9.44. The average Bonchev–Trinajstić information content (AvgIpc) is 1.59. The lowest BCUT2D eigenvalue weighted by Crippen LogP contribution is -2.07. The molecule has 0 aliphatic rings. The Morgan fingerprint density at radius 2 is 1.89 bits per heavy atom. The SMILES string of the molecule is CC(Cl)(Cl)CCC(F)F. The molecule has 56 valence electrons. The molecule has 0 aliphatic heterocycles. The van der Waals surface area contributed by atoms with Gasteiger partial charge in [-0.05, 0) is 13.3 Å². The van der Waals surface area contributed by atoms with E-state index < -0.39 is 10.8 Å². The van der Waals surface area contributed by atoms with Gasteiger partial charge in [0.05, 0.1) is 0 Å². The van der Waals surface area contributed by atoms with Gasteiger partial charge in [0.2, 0.25) is 6.43 Å². The summed E-state index contributed by atoms with van der Waals surface area (Å²) >= 11 is 10.8. The molecule has 0 N–H and O–H groups in total. The van der Waals surface area contributed by atoms with Crippen LogP contribution in [0.15, 0.2) is 0 Å². The lowest BCUT2D eigenvalue weighted by molar-refractivity contribution is 0.133. The quantitative estimate of drug-likeness (QED) is 0.580. The van der Waals surface area contributed by atoms with Crippen LogP contribution in [-0.4, -0.2) is 10.8 Å². The molecule has 0 atom stereocenters. The number of rotatable bonds is 3. The first-order valence-electron chi connectivity index (χ1n) is 2.58. The summed E-state index contributed by atoms with van der Waals surface area (Å²) in [7, 11) is 0. The fourth-order valence-electron chi connectivity index (χ4n) is 0.363. The Hall–Kier alpha value is 0.440. The molecule has 0 saturated carbocycles. The van der Waals surface area contributed by atoms with Crippen molar-refractivity contribution in [2.75, 3.05) is 0 Å². The van der Waals surface area contributed by atoms with Crippen LogP contribution in [0.1, 0.15) is 19.8 Å². The van der Waals surface area contributed by atoms with E-state index >= 15 is 0 Å². The molecule has 0 unspecified atom stereocenters. The van der Waals surface area contributed by atoms with Crippen LogP contribution in [0, 0.1) is 0 Å². The van der Waals surface area contributed by atoms with Gasteiger partial charge in [0.15, 0.2) is 0 Å². The molecule has 9 heavy (non-hydrogen) atoms. The van der Waals surface area contributed by atoms with Crippen LogP contribution >= 0.6 is 23.2 Å². The van der Waals surface area contributed by atoms with E-state index in [9.17, 15) is 8.78 Å². The molecule has 0 aromatic heterocycles. The number of alkyl halides is 4. The van der Waals surface area contributed by atoms with Crippen molar-refractivity contribution >= 4 is 23.2 Å². The zero-order valence-electron chi connectivity index (χ0n) is 5.00. The standard InChI is InChI=1S/C5H8Cl2F2/c1-5(6,7)3-2-4(8)9/h4H,2-3H2,1H3. The van der Waals surface area contributed by atoms with Gasteiger partial charge in [-0.15, -0.1) is 23.2 Å². The normalized spacial score (nSPS) is 12.7. The smallest absolute Gasteiger partial charge is 0.211 e. The highest BCUT2D eigenvalue weighted by molar-refractivity contribution is 6.48. The van der Waals surface area contributed by atoms with E-state index in [4.69, 9.17) is 23.2 Å². The Kier molecular flexibility index (Phi) is 3.74. The number of halogens is 4. The molecule has 0 aromatic rings. The van der Waals surface area contributed by atoms with Gasteiger partial charge in [-0.25, -0.2) is 8.78 Å². The van der Waals surface area contributed by atoms with Crippen LogP contribution in [0.4, 0.5) is 8.78 Å². The zero-order valence-corrected chi connectivity index (χ0v) is 6.52. The van der Waals surface area contributed by atoms with E-state index in [0.29, 0.717) is 0 Å². The summed E-state index contributed by atoms with van der Waals surface area (Å²) in [6.45, 7) is 1.50. The average molecular weight is 177 g/mol. The minimum atomic E-state index is -2.30. The second-order valence-corrected chi connectivity index (χ2v) is 3.86. The van der Waals surface area contributed by atoms with Crippen molar-refractivity contribution in [2.24, 2.45) is 0 Å². The molecule has 4 heteroatoms. The van der Waals surface area contributed by atoms with Crippen LogP contribution in [0.3, 0.4) is 0 Å². The Balaban J connectivity index is 3.28. The molecule has 0 saturated heterocycles. The molecule has 0 radical (unpaired) electrons. The van der Waals surface area contributed by atoms with E-state index in [2.05, 4.69) is 0 Å². The third-order valence-corrected chi connectivity index (χ3v) is 1.18. The molecular formula is C5H8Cl2F2. The lowest BCUT2D eigenvalue weighted by atomic mass is 10.2. The largest absolute Gasteiger partial charge is 0.238 e. The van der Waals surface area contributed by atoms with Crippen molar-refractivity contribution in [1.29, 1.82) is 0 Å². The highest BCUT2D eigenvalue weighted by Crippen LogP contribution is 2.26. The van der Waals surface area contributed by atoms with Crippen LogP contribution in [0.2, 0.25) is 0 Å². The molecule has 0 bridgehead atoms. The maximum absolute atomic E-state index is 11.4. The highest BCUT2D eigenvalue weighted by atomic mass is 35.5.